The number of nitrogens with two attached hydrogens (primary N) is 2. The van der Waals surface area contributed by atoms with Gasteiger partial charge in [0.15, 0.2) is 0 Å². The van der Waals surface area contributed by atoms with Gasteiger partial charge in [-0.15, -0.1) is 0 Å². The van der Waals surface area contributed by atoms with Gasteiger partial charge >= 0.3 is 5.69 Å². The second-order valence-corrected chi connectivity index (χ2v) is 7.89. The van der Waals surface area contributed by atoms with Crippen molar-refractivity contribution in [3.8, 4) is 0 Å². The van der Waals surface area contributed by atoms with Gasteiger partial charge in [-0.2, -0.15) is 4.98 Å². The van der Waals surface area contributed by atoms with Crippen molar-refractivity contribution < 1.29 is 17.9 Å². The highest BCUT2D eigenvalue weighted by atomic mass is 19.3. The second-order valence-electron chi connectivity index (χ2n) is 7.89. The van der Waals surface area contributed by atoms with E-state index in [2.05, 4.69) is 9.98 Å². The summed E-state index contributed by atoms with van der Waals surface area (Å²) < 4.78 is 48.9. The average Bonchev–Trinajstić information content (AvgIpc) is 3.02. The van der Waals surface area contributed by atoms with E-state index in [9.17, 15) is 18.0 Å². The molecule has 0 radical (unpaired) electrons. The molecule has 0 amide bonds. The van der Waals surface area contributed by atoms with Crippen LogP contribution in [0.5, 0.6) is 0 Å². The molecule has 0 unspecified atom stereocenters. The molecule has 0 spiro atoms. The summed E-state index contributed by atoms with van der Waals surface area (Å²) >= 11 is 0. The lowest BCUT2D eigenvalue weighted by molar-refractivity contribution is -0.118. The highest BCUT2D eigenvalue weighted by molar-refractivity contribution is 5.82. The van der Waals surface area contributed by atoms with E-state index in [1.807, 2.05) is 4.90 Å². The molecule has 4 rings (SSSR count). The number of hydrogen-bond donors (Lipinski definition) is 2. The lowest BCUT2D eigenvalue weighted by atomic mass is 10.1. The predicted molar refractivity (Wildman–Crippen MR) is 113 cm³/mol. The molecule has 0 aliphatic carbocycles. The Morgan fingerprint density at radius 3 is 2.88 bits per heavy atom. The van der Waals surface area contributed by atoms with Crippen LogP contribution in [-0.2, 0) is 4.74 Å². The van der Waals surface area contributed by atoms with Crippen LogP contribution in [0.15, 0.2) is 57.6 Å². The molecule has 4 N–H and O–H groups in total. The lowest BCUT2D eigenvalue weighted by Crippen LogP contribution is -2.39. The number of nitrogens with zero attached hydrogens (tertiary/aromatic N) is 4. The monoisotopic (exact) mass is 448 g/mol. The molecule has 2 aliphatic rings. The Morgan fingerprint density at radius 2 is 2.12 bits per heavy atom. The molecule has 2 atom stereocenters. The zero-order valence-corrected chi connectivity index (χ0v) is 17.1. The molecule has 1 fully saturated rings. The van der Waals surface area contributed by atoms with Crippen molar-refractivity contribution >= 4 is 17.7 Å². The fraction of sp³-hybridized carbons (Fsp3) is 0.381. The maximum absolute atomic E-state index is 14.6. The average molecular weight is 448 g/mol. The number of alkyl halides is 2. The Labute approximate surface area is 182 Å². The molecule has 3 heterocycles. The van der Waals surface area contributed by atoms with Gasteiger partial charge in [-0.1, -0.05) is 6.07 Å². The zero-order chi connectivity index (χ0) is 22.9. The summed E-state index contributed by atoms with van der Waals surface area (Å²) in [5.41, 5.74) is 12.5. The maximum atomic E-state index is 14.6. The van der Waals surface area contributed by atoms with Crippen molar-refractivity contribution in [3.63, 3.8) is 0 Å². The van der Waals surface area contributed by atoms with Gasteiger partial charge in [-0.25, -0.2) is 18.0 Å². The molecule has 32 heavy (non-hydrogen) atoms. The van der Waals surface area contributed by atoms with Crippen LogP contribution < -0.4 is 17.2 Å². The molecule has 2 aromatic rings. The minimum atomic E-state index is -3.24. The predicted octanol–water partition coefficient (Wildman–Crippen LogP) is 2.21. The van der Waals surface area contributed by atoms with Crippen LogP contribution in [0.3, 0.4) is 0 Å². The molecular weight excluding hydrogens is 425 g/mol. The molecule has 11 heteroatoms. The summed E-state index contributed by atoms with van der Waals surface area (Å²) in [4.78, 5) is 21.7. The number of nitrogen functional groups attached to an aromatic ring is 1. The van der Waals surface area contributed by atoms with Crippen LogP contribution >= 0.6 is 0 Å². The number of anilines is 1. The van der Waals surface area contributed by atoms with E-state index in [0.29, 0.717) is 30.9 Å². The van der Waals surface area contributed by atoms with Crippen LogP contribution in [0.1, 0.15) is 19.1 Å². The molecule has 1 aromatic heterocycles. The van der Waals surface area contributed by atoms with Gasteiger partial charge in [0.25, 0.3) is 5.92 Å². The number of benzene rings is 1. The molecule has 1 saturated heterocycles. The van der Waals surface area contributed by atoms with E-state index in [1.165, 1.54) is 18.2 Å². The fourth-order valence-corrected chi connectivity index (χ4v) is 3.85. The van der Waals surface area contributed by atoms with Gasteiger partial charge in [0.1, 0.15) is 11.6 Å². The summed E-state index contributed by atoms with van der Waals surface area (Å²) in [5.74, 6) is -3.68. The lowest BCUT2D eigenvalue weighted by Gasteiger charge is -2.30. The second kappa shape index (κ2) is 8.75. The van der Waals surface area contributed by atoms with Gasteiger partial charge in [0, 0.05) is 56.2 Å². The summed E-state index contributed by atoms with van der Waals surface area (Å²) in [7, 11) is 0. The summed E-state index contributed by atoms with van der Waals surface area (Å²) in [6.45, 7) is 1.19. The number of hydrogen-bond acceptors (Lipinski definition) is 7. The van der Waals surface area contributed by atoms with E-state index in [1.54, 1.807) is 18.3 Å². The largest absolute Gasteiger partial charge is 0.402 e. The minimum absolute atomic E-state index is 0.0470. The van der Waals surface area contributed by atoms with Gasteiger partial charge in [0.05, 0.1) is 11.8 Å². The Balaban J connectivity index is 1.43. The summed E-state index contributed by atoms with van der Waals surface area (Å²) in [6.07, 6.45) is 0.211. The third-order valence-electron chi connectivity index (χ3n) is 5.43. The van der Waals surface area contributed by atoms with Crippen LogP contribution in [0, 0.1) is 5.82 Å². The first-order chi connectivity index (χ1) is 15.2. The first-order valence-corrected chi connectivity index (χ1v) is 10.1. The van der Waals surface area contributed by atoms with Gasteiger partial charge in [-0.3, -0.25) is 14.5 Å². The first-order valence-electron chi connectivity index (χ1n) is 10.1. The SMILES string of the molecule is NC1=C(C=Nc2cccc(F)c2)CN(C[C@@H]2CC(F)(F)[C@H](n3ccc(N)nc3=O)O2)CC1. The Kier molecular flexibility index (Phi) is 6.02. The highest BCUT2D eigenvalue weighted by Gasteiger charge is 2.52. The van der Waals surface area contributed by atoms with Crippen LogP contribution in [0.2, 0.25) is 0 Å². The first kappa shape index (κ1) is 22.0. The fourth-order valence-electron chi connectivity index (χ4n) is 3.85. The number of aliphatic imine (C=N–C) groups is 1. The molecule has 0 bridgehead atoms. The molecule has 8 nitrogen and oxygen atoms in total. The Bertz CT molecular complexity index is 1120. The van der Waals surface area contributed by atoms with Gasteiger partial charge in [0.2, 0.25) is 6.23 Å². The third-order valence-corrected chi connectivity index (χ3v) is 5.43. The van der Waals surface area contributed by atoms with E-state index in [4.69, 9.17) is 16.2 Å². The van der Waals surface area contributed by atoms with E-state index >= 15 is 0 Å². The zero-order valence-electron chi connectivity index (χ0n) is 17.1. The van der Waals surface area contributed by atoms with Crippen LogP contribution in [0.4, 0.5) is 24.7 Å². The van der Waals surface area contributed by atoms with E-state index in [0.717, 1.165) is 16.3 Å². The number of rotatable bonds is 5. The van der Waals surface area contributed by atoms with Crippen molar-refractivity contribution in [1.29, 1.82) is 0 Å². The van der Waals surface area contributed by atoms with Crippen molar-refractivity contribution in [3.05, 3.63) is 64.1 Å². The standard InChI is InChI=1S/C21H23F3N6O2/c22-14-2-1-3-15(8-14)27-10-13-11-29(6-4-17(13)25)12-16-9-21(23,24)19(32-16)30-7-5-18(26)28-20(30)31/h1-3,5,7-8,10,16,19H,4,6,9,11-12,25H2,(H2,26,28,31)/t16-,19+/m0/s1. The summed E-state index contributed by atoms with van der Waals surface area (Å²) in [5, 5.41) is 0. The van der Waals surface area contributed by atoms with Crippen LogP contribution in [0.25, 0.3) is 0 Å². The minimum Gasteiger partial charge on any atom is -0.402 e. The quantitative estimate of drug-likeness (QED) is 0.679. The van der Waals surface area contributed by atoms with Crippen molar-refractivity contribution in [2.24, 2.45) is 10.7 Å². The van der Waals surface area contributed by atoms with Crippen molar-refractivity contribution in [2.45, 2.75) is 31.1 Å². The van der Waals surface area contributed by atoms with Gasteiger partial charge < -0.3 is 16.2 Å². The van der Waals surface area contributed by atoms with Crippen molar-refractivity contribution in [1.82, 2.24) is 14.5 Å². The topological polar surface area (TPSA) is 112 Å². The Morgan fingerprint density at radius 1 is 1.31 bits per heavy atom. The van der Waals surface area contributed by atoms with Crippen LogP contribution in [-0.4, -0.2) is 52.3 Å². The molecule has 0 saturated carbocycles. The third kappa shape index (κ3) is 4.83. The van der Waals surface area contributed by atoms with E-state index in [-0.39, 0.29) is 12.4 Å². The summed E-state index contributed by atoms with van der Waals surface area (Å²) in [6, 6.07) is 7.13. The molecular formula is C21H23F3N6O2. The number of aromatic nitrogens is 2. The molecule has 2 aliphatic heterocycles. The molecule has 1 aromatic carbocycles. The van der Waals surface area contributed by atoms with E-state index < -0.39 is 36.2 Å². The maximum Gasteiger partial charge on any atom is 0.351 e. The highest BCUT2D eigenvalue weighted by Crippen LogP contribution is 2.42. The normalized spacial score (nSPS) is 23.8. The molecule has 170 valence electrons. The smallest absolute Gasteiger partial charge is 0.351 e. The van der Waals surface area contributed by atoms with Gasteiger partial charge in [-0.05, 0) is 24.3 Å². The van der Waals surface area contributed by atoms with Crippen molar-refractivity contribution in [2.75, 3.05) is 25.4 Å². The Hall–Kier alpha value is -3.18. The number of halogens is 3. The number of ether oxygens (including phenoxy) is 1.